The molecule has 0 saturated carbocycles. The average Bonchev–Trinajstić information content (AvgIpc) is 3.13. The normalized spacial score (nSPS) is 17.4. The molecule has 0 spiro atoms. The van der Waals surface area contributed by atoms with Crippen LogP contribution < -0.4 is 10.6 Å². The number of hydrogen-bond acceptors (Lipinski definition) is 5. The molecule has 1 saturated heterocycles. The van der Waals surface area contributed by atoms with E-state index >= 15 is 0 Å². The highest BCUT2D eigenvalue weighted by atomic mass is 16.5. The van der Waals surface area contributed by atoms with Gasteiger partial charge in [0.15, 0.2) is 5.96 Å². The molecule has 142 valence electrons. The molecular formula is C18H32N4O3. The van der Waals surface area contributed by atoms with Crippen LogP contribution in [0.2, 0.25) is 0 Å². The van der Waals surface area contributed by atoms with E-state index in [-0.39, 0.29) is 6.04 Å². The first-order valence-corrected chi connectivity index (χ1v) is 9.14. The molecule has 2 heterocycles. The molecule has 1 aromatic heterocycles. The lowest BCUT2D eigenvalue weighted by atomic mass is 10.3. The van der Waals surface area contributed by atoms with Gasteiger partial charge in [-0.1, -0.05) is 0 Å². The molecule has 7 nitrogen and oxygen atoms in total. The molecule has 1 aromatic rings. The summed E-state index contributed by atoms with van der Waals surface area (Å²) in [6, 6.07) is 4.11. The van der Waals surface area contributed by atoms with E-state index in [4.69, 9.17) is 18.9 Å². The van der Waals surface area contributed by atoms with Crippen molar-refractivity contribution in [2.75, 3.05) is 59.7 Å². The summed E-state index contributed by atoms with van der Waals surface area (Å²) in [5, 5.41) is 6.76. The van der Waals surface area contributed by atoms with E-state index in [0.717, 1.165) is 70.5 Å². The number of rotatable bonds is 10. The summed E-state index contributed by atoms with van der Waals surface area (Å²) in [4.78, 5) is 7.13. The van der Waals surface area contributed by atoms with Gasteiger partial charge in [-0.25, -0.2) is 0 Å². The minimum absolute atomic E-state index is 0.208. The Labute approximate surface area is 150 Å². The van der Waals surface area contributed by atoms with Gasteiger partial charge < -0.3 is 24.5 Å². The first kappa shape index (κ1) is 19.8. The third-order valence-corrected chi connectivity index (χ3v) is 4.05. The van der Waals surface area contributed by atoms with Crippen molar-refractivity contribution in [3.05, 3.63) is 24.2 Å². The van der Waals surface area contributed by atoms with Crippen molar-refractivity contribution in [2.24, 2.45) is 4.99 Å². The number of nitrogens with one attached hydrogen (secondary N) is 2. The van der Waals surface area contributed by atoms with E-state index < -0.39 is 0 Å². The minimum atomic E-state index is 0.208. The summed E-state index contributed by atoms with van der Waals surface area (Å²) >= 11 is 0. The zero-order chi connectivity index (χ0) is 17.7. The van der Waals surface area contributed by atoms with E-state index in [1.807, 2.05) is 12.1 Å². The van der Waals surface area contributed by atoms with Crippen LogP contribution in [0.4, 0.5) is 0 Å². The van der Waals surface area contributed by atoms with Gasteiger partial charge in [-0.3, -0.25) is 9.89 Å². The molecule has 25 heavy (non-hydrogen) atoms. The zero-order valence-corrected chi connectivity index (χ0v) is 15.5. The van der Waals surface area contributed by atoms with Crippen molar-refractivity contribution in [3.8, 4) is 0 Å². The maximum absolute atomic E-state index is 5.38. The second-order valence-electron chi connectivity index (χ2n) is 6.29. The Hall–Kier alpha value is -1.57. The third-order valence-electron chi connectivity index (χ3n) is 4.05. The number of methoxy groups -OCH3 is 1. The van der Waals surface area contributed by atoms with Gasteiger partial charge in [0.05, 0.1) is 26.1 Å². The van der Waals surface area contributed by atoms with Crippen molar-refractivity contribution < 1.29 is 13.9 Å². The predicted octanol–water partition coefficient (Wildman–Crippen LogP) is 1.11. The van der Waals surface area contributed by atoms with Gasteiger partial charge in [-0.15, -0.1) is 0 Å². The Balaban J connectivity index is 1.72. The number of hydrogen-bond donors (Lipinski definition) is 2. The molecule has 0 radical (unpaired) electrons. The minimum Gasteiger partial charge on any atom is -0.469 e. The summed E-state index contributed by atoms with van der Waals surface area (Å²) < 4.78 is 15.9. The highest BCUT2D eigenvalue weighted by Crippen LogP contribution is 2.00. The Morgan fingerprint density at radius 3 is 2.96 bits per heavy atom. The largest absolute Gasteiger partial charge is 0.469 e. The molecule has 1 aliphatic rings. The molecule has 1 unspecified atom stereocenters. The summed E-state index contributed by atoms with van der Waals surface area (Å²) in [6.07, 6.45) is 3.58. The SMILES string of the molecule is COCC(C)NC(=NCCCN1CCOCC1)NCCc1ccco1. The van der Waals surface area contributed by atoms with E-state index in [0.29, 0.717) is 6.61 Å². The summed E-state index contributed by atoms with van der Waals surface area (Å²) in [5.41, 5.74) is 0. The van der Waals surface area contributed by atoms with Gasteiger partial charge in [-0.05, 0) is 25.5 Å². The Morgan fingerprint density at radius 2 is 2.24 bits per heavy atom. The van der Waals surface area contributed by atoms with Crippen LogP contribution in [0.3, 0.4) is 0 Å². The fourth-order valence-electron chi connectivity index (χ4n) is 2.75. The number of aliphatic imine (C=N–C) groups is 1. The molecule has 0 aromatic carbocycles. The molecule has 2 N–H and O–H groups in total. The first-order valence-electron chi connectivity index (χ1n) is 9.14. The van der Waals surface area contributed by atoms with Crippen LogP contribution in [0.1, 0.15) is 19.1 Å². The fraction of sp³-hybridized carbons (Fsp3) is 0.722. The molecule has 0 bridgehead atoms. The lowest BCUT2D eigenvalue weighted by molar-refractivity contribution is 0.0377. The maximum atomic E-state index is 5.38. The number of ether oxygens (including phenoxy) is 2. The van der Waals surface area contributed by atoms with E-state index in [1.165, 1.54) is 0 Å². The number of guanidine groups is 1. The highest BCUT2D eigenvalue weighted by molar-refractivity contribution is 5.80. The van der Waals surface area contributed by atoms with Crippen LogP contribution in [0.25, 0.3) is 0 Å². The van der Waals surface area contributed by atoms with Crippen molar-refractivity contribution in [2.45, 2.75) is 25.8 Å². The predicted molar refractivity (Wildman–Crippen MR) is 99.1 cm³/mol. The Morgan fingerprint density at radius 1 is 1.40 bits per heavy atom. The van der Waals surface area contributed by atoms with Crippen molar-refractivity contribution >= 4 is 5.96 Å². The molecule has 2 rings (SSSR count). The lowest BCUT2D eigenvalue weighted by Crippen LogP contribution is -2.44. The molecular weight excluding hydrogens is 320 g/mol. The van der Waals surface area contributed by atoms with Crippen LogP contribution in [0.5, 0.6) is 0 Å². The number of morpholine rings is 1. The number of nitrogens with zero attached hydrogens (tertiary/aromatic N) is 2. The summed E-state index contributed by atoms with van der Waals surface area (Å²) in [7, 11) is 1.71. The van der Waals surface area contributed by atoms with Gasteiger partial charge in [-0.2, -0.15) is 0 Å². The molecule has 1 fully saturated rings. The second-order valence-corrected chi connectivity index (χ2v) is 6.29. The lowest BCUT2D eigenvalue weighted by Gasteiger charge is -2.26. The van der Waals surface area contributed by atoms with Gasteiger partial charge in [0.1, 0.15) is 5.76 Å². The monoisotopic (exact) mass is 352 g/mol. The number of furan rings is 1. The summed E-state index contributed by atoms with van der Waals surface area (Å²) in [6.45, 7) is 9.13. The zero-order valence-electron chi connectivity index (χ0n) is 15.5. The van der Waals surface area contributed by atoms with E-state index in [1.54, 1.807) is 13.4 Å². The average molecular weight is 352 g/mol. The van der Waals surface area contributed by atoms with Crippen LogP contribution in [0.15, 0.2) is 27.8 Å². The standard InChI is InChI=1S/C18H32N4O3/c1-16(15-23-2)21-18(20-8-6-17-5-3-12-25-17)19-7-4-9-22-10-13-24-14-11-22/h3,5,12,16H,4,6-11,13-15H2,1-2H3,(H2,19,20,21). The summed E-state index contributed by atoms with van der Waals surface area (Å²) in [5.74, 6) is 1.81. The van der Waals surface area contributed by atoms with Gasteiger partial charge in [0.25, 0.3) is 0 Å². The molecule has 0 aliphatic carbocycles. The second kappa shape index (κ2) is 11.9. The topological polar surface area (TPSA) is 71.3 Å². The van der Waals surface area contributed by atoms with Gasteiger partial charge in [0, 0.05) is 52.3 Å². The highest BCUT2D eigenvalue weighted by Gasteiger charge is 2.09. The van der Waals surface area contributed by atoms with Crippen molar-refractivity contribution in [3.63, 3.8) is 0 Å². The van der Waals surface area contributed by atoms with Crippen LogP contribution >= 0.6 is 0 Å². The molecule has 1 aliphatic heterocycles. The Bertz CT molecular complexity index is 473. The quantitative estimate of drug-likeness (QED) is 0.373. The van der Waals surface area contributed by atoms with Gasteiger partial charge in [0.2, 0.25) is 0 Å². The van der Waals surface area contributed by atoms with E-state index in [2.05, 4.69) is 22.5 Å². The molecule has 0 amide bonds. The van der Waals surface area contributed by atoms with Crippen molar-refractivity contribution in [1.29, 1.82) is 0 Å². The smallest absolute Gasteiger partial charge is 0.191 e. The van der Waals surface area contributed by atoms with E-state index in [9.17, 15) is 0 Å². The molecule has 7 heteroatoms. The Kier molecular flexibility index (Phi) is 9.40. The van der Waals surface area contributed by atoms with Gasteiger partial charge >= 0.3 is 0 Å². The van der Waals surface area contributed by atoms with Crippen LogP contribution in [-0.4, -0.2) is 76.6 Å². The molecule has 1 atom stereocenters. The van der Waals surface area contributed by atoms with Crippen molar-refractivity contribution in [1.82, 2.24) is 15.5 Å². The first-order chi connectivity index (χ1) is 12.3. The fourth-order valence-corrected chi connectivity index (χ4v) is 2.75. The van der Waals surface area contributed by atoms with Crippen LogP contribution in [0, 0.1) is 0 Å². The maximum Gasteiger partial charge on any atom is 0.191 e. The van der Waals surface area contributed by atoms with Crippen LogP contribution in [-0.2, 0) is 15.9 Å². The third kappa shape index (κ3) is 8.38.